The van der Waals surface area contributed by atoms with E-state index in [1.54, 1.807) is 0 Å². The Morgan fingerprint density at radius 2 is 1.26 bits per heavy atom. The second-order valence-electron chi connectivity index (χ2n) is 24.8. The number of para-hydroxylation sites is 1. The van der Waals surface area contributed by atoms with Gasteiger partial charge in [0.25, 0.3) is 0 Å². The number of benzene rings is 7. The van der Waals surface area contributed by atoms with Gasteiger partial charge in [-0.1, -0.05) is 144 Å². The summed E-state index contributed by atoms with van der Waals surface area (Å²) in [7, 11) is 0. The molecule has 10 aromatic rings. The topological polar surface area (TPSA) is 21.3 Å². The molecule has 0 bridgehead atoms. The van der Waals surface area contributed by atoms with Crippen molar-refractivity contribution in [3.8, 4) is 27.9 Å². The van der Waals surface area contributed by atoms with Gasteiger partial charge in [-0.25, -0.2) is 0 Å². The molecule has 5 heteroatoms. The minimum Gasteiger partial charge on any atom is -0.456 e. The first kappa shape index (κ1) is 41.0. The number of furan rings is 1. The molecule has 4 aliphatic rings. The second kappa shape index (κ2) is 12.8. The number of thiophene rings is 1. The minimum atomic E-state index is -0.264. The number of aromatic nitrogens is 1. The maximum Gasteiger partial charge on any atom is 0.343 e. The van der Waals surface area contributed by atoms with E-state index in [0.29, 0.717) is 0 Å². The zero-order valence-corrected chi connectivity index (χ0v) is 42.5. The van der Waals surface area contributed by atoms with Gasteiger partial charge in [0.05, 0.1) is 16.7 Å². The molecule has 2 aliphatic heterocycles. The zero-order chi connectivity index (χ0) is 46.9. The Morgan fingerprint density at radius 1 is 0.588 bits per heavy atom. The van der Waals surface area contributed by atoms with Gasteiger partial charge in [-0.2, -0.15) is 0 Å². The molecule has 0 N–H and O–H groups in total. The van der Waals surface area contributed by atoms with E-state index >= 15 is 0 Å². The predicted octanol–water partition coefficient (Wildman–Crippen LogP) is 16.4. The summed E-state index contributed by atoms with van der Waals surface area (Å²) in [5, 5.41) is 6.48. The molecule has 3 nitrogen and oxygen atoms in total. The average Bonchev–Trinajstić information content (AvgIpc) is 4.02. The molecule has 0 unspecified atom stereocenters. The number of nitrogens with zero attached hydrogens (tertiary/aromatic N) is 2. The molecule has 3 aromatic heterocycles. The van der Waals surface area contributed by atoms with Gasteiger partial charge in [-0.15, -0.1) is 11.3 Å². The van der Waals surface area contributed by atoms with Crippen molar-refractivity contribution in [2.45, 2.75) is 123 Å². The van der Waals surface area contributed by atoms with Crippen LogP contribution in [0.15, 0.2) is 120 Å². The number of anilines is 2. The van der Waals surface area contributed by atoms with Crippen molar-refractivity contribution < 1.29 is 4.42 Å². The molecule has 7 aromatic carbocycles. The molecule has 0 saturated heterocycles. The molecule has 0 saturated carbocycles. The highest BCUT2D eigenvalue weighted by atomic mass is 32.1. The van der Waals surface area contributed by atoms with Crippen molar-refractivity contribution in [1.29, 1.82) is 0 Å². The monoisotopic (exact) mass is 902 g/mol. The van der Waals surface area contributed by atoms with Gasteiger partial charge in [0.1, 0.15) is 11.2 Å². The number of fused-ring (bicyclic) bond motifs is 19. The maximum atomic E-state index is 6.87. The molecule has 0 fully saturated rings. The van der Waals surface area contributed by atoms with Gasteiger partial charge >= 0.3 is 6.85 Å². The van der Waals surface area contributed by atoms with E-state index < -0.39 is 0 Å². The molecule has 2 aliphatic carbocycles. The first-order valence-electron chi connectivity index (χ1n) is 25.0. The normalized spacial score (nSPS) is 17.3. The van der Waals surface area contributed by atoms with Crippen LogP contribution < -0.4 is 15.1 Å². The molecule has 5 heterocycles. The number of rotatable bonds is 1. The Hall–Kier alpha value is -6.04. The van der Waals surface area contributed by atoms with Gasteiger partial charge in [-0.05, 0) is 145 Å². The third-order valence-corrected chi connectivity index (χ3v) is 18.5. The summed E-state index contributed by atoms with van der Waals surface area (Å²) in [5.41, 5.74) is 23.6. The van der Waals surface area contributed by atoms with Crippen LogP contribution in [0.25, 0.3) is 81.8 Å². The van der Waals surface area contributed by atoms with Gasteiger partial charge in [0.15, 0.2) is 0 Å². The molecule has 0 atom stereocenters. The second-order valence-corrected chi connectivity index (χ2v) is 25.8. The molecule has 0 radical (unpaired) electrons. The fraction of sp³-hybridized carbons (Fsp3) is 0.302. The highest BCUT2D eigenvalue weighted by Crippen LogP contribution is 2.61. The van der Waals surface area contributed by atoms with Gasteiger partial charge in [0, 0.05) is 58.8 Å². The summed E-state index contributed by atoms with van der Waals surface area (Å²) in [6.45, 7) is 28.9. The van der Waals surface area contributed by atoms with E-state index in [2.05, 4.69) is 208 Å². The summed E-state index contributed by atoms with van der Waals surface area (Å²) >= 11 is 2.01. The maximum absolute atomic E-state index is 6.87. The van der Waals surface area contributed by atoms with Crippen molar-refractivity contribution >= 4 is 93.6 Å². The first-order chi connectivity index (χ1) is 32.2. The lowest BCUT2D eigenvalue weighted by Gasteiger charge is -2.42. The summed E-state index contributed by atoms with van der Waals surface area (Å²) < 4.78 is 12.4. The van der Waals surface area contributed by atoms with Gasteiger partial charge < -0.3 is 13.8 Å². The number of hydrogen-bond acceptors (Lipinski definition) is 3. The quantitative estimate of drug-likeness (QED) is 0.153. The molecule has 68 heavy (non-hydrogen) atoms. The average molecular weight is 903 g/mol. The summed E-state index contributed by atoms with van der Waals surface area (Å²) in [5.74, 6) is 0. The van der Waals surface area contributed by atoms with Crippen LogP contribution in [0.2, 0.25) is 0 Å². The summed E-state index contributed by atoms with van der Waals surface area (Å²) in [6, 6.07) is 45.1. The van der Waals surface area contributed by atoms with Crippen molar-refractivity contribution in [3.63, 3.8) is 0 Å². The van der Waals surface area contributed by atoms with Crippen LogP contribution in [0, 0.1) is 0 Å². The highest BCUT2D eigenvalue weighted by Gasteiger charge is 2.51. The fourth-order valence-corrected chi connectivity index (χ4v) is 14.8. The van der Waals surface area contributed by atoms with Crippen LogP contribution >= 0.6 is 11.3 Å². The van der Waals surface area contributed by atoms with E-state index in [9.17, 15) is 0 Å². The molecule has 0 spiro atoms. The van der Waals surface area contributed by atoms with Crippen LogP contribution in [0.3, 0.4) is 0 Å². The summed E-state index contributed by atoms with van der Waals surface area (Å²) in [4.78, 5) is 2.74. The Morgan fingerprint density at radius 3 is 2.00 bits per heavy atom. The van der Waals surface area contributed by atoms with Crippen molar-refractivity contribution in [2.24, 2.45) is 0 Å². The zero-order valence-electron chi connectivity index (χ0n) is 41.7. The largest absolute Gasteiger partial charge is 0.456 e. The Labute approximate surface area is 404 Å². The first-order valence-corrected chi connectivity index (χ1v) is 25.8. The highest BCUT2D eigenvalue weighted by molar-refractivity contribution is 7.32. The van der Waals surface area contributed by atoms with Crippen LogP contribution in [-0.4, -0.2) is 11.4 Å². The van der Waals surface area contributed by atoms with Crippen molar-refractivity contribution in [1.82, 2.24) is 4.57 Å². The lowest BCUT2D eigenvalue weighted by Crippen LogP contribution is -2.59. The Kier molecular flexibility index (Phi) is 7.70. The standard InChI is InChI=1S/C63H59BN2OS/c1-59(2,3)34-21-24-36(25-22-34)66-47-31-39-37-17-14-16-20-48(37)67-49(39)32-41(47)52-51-38-18-13-15-19-43(38)63(11,12)54(51)53-40-30-44-45(62(9,10)28-27-61(44,7)8)33-46(40)65-56-42-29-35(60(4,5)6)23-26-50(42)68-58(56)64(66)55(52)57(53)65/h13-26,29-33H,27-28H2,1-12H3. The summed E-state index contributed by atoms with van der Waals surface area (Å²) in [6.07, 6.45) is 2.35. The van der Waals surface area contributed by atoms with Crippen molar-refractivity contribution in [3.05, 3.63) is 149 Å². The van der Waals surface area contributed by atoms with Crippen LogP contribution in [0.4, 0.5) is 11.4 Å². The Balaban J connectivity index is 1.25. The molecule has 14 rings (SSSR count). The Bertz CT molecular complexity index is 3910. The molecular weight excluding hydrogens is 844 g/mol. The predicted molar refractivity (Wildman–Crippen MR) is 293 cm³/mol. The van der Waals surface area contributed by atoms with E-state index in [-0.39, 0.29) is 33.9 Å². The van der Waals surface area contributed by atoms with E-state index in [1.165, 1.54) is 128 Å². The lowest BCUT2D eigenvalue weighted by molar-refractivity contribution is 0.332. The smallest absolute Gasteiger partial charge is 0.343 e. The van der Waals surface area contributed by atoms with Gasteiger partial charge in [0.2, 0.25) is 0 Å². The molecule has 336 valence electrons. The van der Waals surface area contributed by atoms with E-state index in [4.69, 9.17) is 4.42 Å². The third-order valence-electron chi connectivity index (χ3n) is 17.3. The SMILES string of the molecule is CC(C)(C)c1ccc(N2B3c4sc5ccc(C(C)(C)C)cc5c4-n4c5cc6c(cc5c5c7c(c(c3c54)-c3cc4oc5ccccc5c4cc32)-c2ccccc2C7(C)C)C(C)(C)CCC6(C)C)cc1. The van der Waals surface area contributed by atoms with Gasteiger partial charge in [-0.3, -0.25) is 0 Å². The van der Waals surface area contributed by atoms with E-state index in [1.807, 2.05) is 11.3 Å². The third kappa shape index (κ3) is 5.11. The molecule has 0 amide bonds. The number of hydrogen-bond donors (Lipinski definition) is 0. The molecular formula is C63H59BN2OS. The van der Waals surface area contributed by atoms with Crippen molar-refractivity contribution in [2.75, 3.05) is 4.81 Å². The lowest BCUT2D eigenvalue weighted by atomic mass is 9.46. The minimum absolute atomic E-state index is 0.00844. The van der Waals surface area contributed by atoms with Crippen LogP contribution in [0.5, 0.6) is 0 Å². The van der Waals surface area contributed by atoms with E-state index in [0.717, 1.165) is 21.9 Å². The van der Waals surface area contributed by atoms with Crippen LogP contribution in [0.1, 0.15) is 129 Å². The van der Waals surface area contributed by atoms with Crippen LogP contribution in [-0.2, 0) is 27.1 Å². The fourth-order valence-electron chi connectivity index (χ4n) is 13.5.